The van der Waals surface area contributed by atoms with Crippen LogP contribution in [0.15, 0.2) is 36.4 Å². The molecule has 1 fully saturated rings. The molecule has 0 radical (unpaired) electrons. The van der Waals surface area contributed by atoms with Gasteiger partial charge in [0.25, 0.3) is 0 Å². The monoisotopic (exact) mass is 383 g/mol. The zero-order chi connectivity index (χ0) is 20.1. The van der Waals surface area contributed by atoms with E-state index in [1.165, 1.54) is 0 Å². The van der Waals surface area contributed by atoms with Gasteiger partial charge in [0.1, 0.15) is 11.5 Å². The lowest BCUT2D eigenvalue weighted by Crippen LogP contribution is -2.22. The Morgan fingerprint density at radius 3 is 2.43 bits per heavy atom. The Hall–Kier alpha value is -3.22. The van der Waals surface area contributed by atoms with Gasteiger partial charge in [-0.3, -0.25) is 9.59 Å². The van der Waals surface area contributed by atoms with Gasteiger partial charge in [0, 0.05) is 23.4 Å². The van der Waals surface area contributed by atoms with Crippen molar-refractivity contribution < 1.29 is 19.1 Å². The van der Waals surface area contributed by atoms with Crippen LogP contribution < -0.4 is 25.4 Å². The van der Waals surface area contributed by atoms with Crippen molar-refractivity contribution in [3.8, 4) is 11.5 Å². The Kier molecular flexibility index (Phi) is 6.03. The number of amides is 2. The van der Waals surface area contributed by atoms with Gasteiger partial charge in [-0.2, -0.15) is 0 Å². The molecule has 0 heterocycles. The molecule has 0 aliphatic heterocycles. The lowest BCUT2D eigenvalue weighted by atomic mass is 10.1. The van der Waals surface area contributed by atoms with Crippen molar-refractivity contribution >= 4 is 28.9 Å². The van der Waals surface area contributed by atoms with Crippen molar-refractivity contribution in [1.82, 2.24) is 0 Å². The predicted octanol–water partition coefficient (Wildman–Crippen LogP) is 3.41. The number of carbonyl (C=O) groups is 2. The average molecular weight is 383 g/mol. The van der Waals surface area contributed by atoms with Crippen LogP contribution in [-0.2, 0) is 9.59 Å². The van der Waals surface area contributed by atoms with Gasteiger partial charge in [-0.1, -0.05) is 6.07 Å². The smallest absolute Gasteiger partial charge is 0.243 e. The number of carbonyl (C=O) groups excluding carboxylic acids is 2. The maximum Gasteiger partial charge on any atom is 0.243 e. The van der Waals surface area contributed by atoms with Crippen LogP contribution in [0.4, 0.5) is 17.1 Å². The first-order valence-corrected chi connectivity index (χ1v) is 9.18. The van der Waals surface area contributed by atoms with Crippen LogP contribution in [0.2, 0.25) is 0 Å². The highest BCUT2D eigenvalue weighted by Crippen LogP contribution is 2.32. The van der Waals surface area contributed by atoms with Crippen LogP contribution in [0.3, 0.4) is 0 Å². The van der Waals surface area contributed by atoms with Crippen molar-refractivity contribution in [3.05, 3.63) is 42.0 Å². The van der Waals surface area contributed by atoms with Crippen LogP contribution in [0.25, 0.3) is 0 Å². The van der Waals surface area contributed by atoms with E-state index < -0.39 is 0 Å². The summed E-state index contributed by atoms with van der Waals surface area (Å²) in [4.78, 5) is 24.4. The van der Waals surface area contributed by atoms with E-state index in [1.54, 1.807) is 32.4 Å². The maximum absolute atomic E-state index is 12.4. The average Bonchev–Trinajstić information content (AvgIpc) is 3.54. The fourth-order valence-corrected chi connectivity index (χ4v) is 2.82. The van der Waals surface area contributed by atoms with E-state index in [2.05, 4.69) is 16.0 Å². The minimum absolute atomic E-state index is 0.0584. The quantitative estimate of drug-likeness (QED) is 0.650. The van der Waals surface area contributed by atoms with Crippen LogP contribution in [0.1, 0.15) is 18.4 Å². The van der Waals surface area contributed by atoms with E-state index in [0.717, 1.165) is 29.8 Å². The van der Waals surface area contributed by atoms with Gasteiger partial charge in [-0.25, -0.2) is 0 Å². The molecule has 1 saturated carbocycles. The van der Waals surface area contributed by atoms with E-state index in [-0.39, 0.29) is 24.3 Å². The first-order chi connectivity index (χ1) is 13.5. The number of anilines is 3. The standard InChI is InChI=1S/C21H25N3O4/c1-13-16(5-4-6-17(13)24-21(26)14-7-8-14)22-12-20(25)23-18-11-15(27-2)9-10-19(18)28-3/h4-6,9-11,14,22H,7-8,12H2,1-3H3,(H,23,25)(H,24,26). The normalized spacial score (nSPS) is 12.8. The molecule has 2 aromatic carbocycles. The maximum atomic E-state index is 12.4. The molecule has 0 spiro atoms. The summed E-state index contributed by atoms with van der Waals surface area (Å²) in [6, 6.07) is 10.8. The van der Waals surface area contributed by atoms with E-state index in [4.69, 9.17) is 9.47 Å². The van der Waals surface area contributed by atoms with Crippen molar-refractivity contribution in [2.75, 3.05) is 36.7 Å². The highest BCUT2D eigenvalue weighted by molar-refractivity contribution is 5.97. The number of benzene rings is 2. The Balaban J connectivity index is 1.62. The number of hydrogen-bond acceptors (Lipinski definition) is 5. The Morgan fingerprint density at radius 1 is 1.00 bits per heavy atom. The number of hydrogen-bond donors (Lipinski definition) is 3. The molecule has 0 bridgehead atoms. The lowest BCUT2D eigenvalue weighted by Gasteiger charge is -2.15. The molecule has 2 aromatic rings. The third-order valence-electron chi connectivity index (χ3n) is 4.66. The first kappa shape index (κ1) is 19.5. The van der Waals surface area contributed by atoms with E-state index in [0.29, 0.717) is 17.2 Å². The van der Waals surface area contributed by atoms with Gasteiger partial charge in [0.05, 0.1) is 26.5 Å². The number of ether oxygens (including phenoxy) is 2. The van der Waals surface area contributed by atoms with Gasteiger partial charge >= 0.3 is 0 Å². The van der Waals surface area contributed by atoms with Gasteiger partial charge in [0.2, 0.25) is 11.8 Å². The molecule has 0 unspecified atom stereocenters. The number of rotatable bonds is 8. The SMILES string of the molecule is COc1ccc(OC)c(NC(=O)CNc2cccc(NC(=O)C3CC3)c2C)c1. The summed E-state index contributed by atoms with van der Waals surface area (Å²) >= 11 is 0. The third kappa shape index (κ3) is 4.73. The molecule has 28 heavy (non-hydrogen) atoms. The second-order valence-electron chi connectivity index (χ2n) is 6.71. The largest absolute Gasteiger partial charge is 0.497 e. The Labute approximate surface area is 164 Å². The summed E-state index contributed by atoms with van der Waals surface area (Å²) in [6.07, 6.45) is 1.91. The zero-order valence-electron chi connectivity index (χ0n) is 16.3. The van der Waals surface area contributed by atoms with Crippen LogP contribution >= 0.6 is 0 Å². The Morgan fingerprint density at radius 2 is 1.75 bits per heavy atom. The van der Waals surface area contributed by atoms with Crippen molar-refractivity contribution in [1.29, 1.82) is 0 Å². The summed E-state index contributed by atoms with van der Waals surface area (Å²) in [7, 11) is 3.10. The summed E-state index contributed by atoms with van der Waals surface area (Å²) in [5.41, 5.74) is 2.98. The van der Waals surface area contributed by atoms with Crippen molar-refractivity contribution in [2.24, 2.45) is 5.92 Å². The molecular formula is C21H25N3O4. The third-order valence-corrected chi connectivity index (χ3v) is 4.66. The molecule has 1 aliphatic carbocycles. The second kappa shape index (κ2) is 8.65. The van der Waals surface area contributed by atoms with Crippen LogP contribution in [-0.4, -0.2) is 32.6 Å². The molecule has 0 atom stereocenters. The highest BCUT2D eigenvalue weighted by atomic mass is 16.5. The Bertz CT molecular complexity index is 878. The molecule has 0 aromatic heterocycles. The molecule has 2 amide bonds. The molecule has 148 valence electrons. The van der Waals surface area contributed by atoms with Gasteiger partial charge in [-0.05, 0) is 49.6 Å². The second-order valence-corrected chi connectivity index (χ2v) is 6.71. The van der Waals surface area contributed by atoms with E-state index >= 15 is 0 Å². The van der Waals surface area contributed by atoms with Gasteiger partial charge in [0.15, 0.2) is 0 Å². The zero-order valence-corrected chi connectivity index (χ0v) is 16.3. The fourth-order valence-electron chi connectivity index (χ4n) is 2.82. The molecule has 7 heteroatoms. The van der Waals surface area contributed by atoms with Crippen LogP contribution in [0, 0.1) is 12.8 Å². The number of nitrogens with one attached hydrogen (secondary N) is 3. The summed E-state index contributed by atoms with van der Waals surface area (Å²) in [5.74, 6) is 1.15. The van der Waals surface area contributed by atoms with Crippen LogP contribution in [0.5, 0.6) is 11.5 Å². The summed E-state index contributed by atoms with van der Waals surface area (Å²) in [6.45, 7) is 1.98. The first-order valence-electron chi connectivity index (χ1n) is 9.18. The molecule has 3 N–H and O–H groups in total. The molecule has 1 aliphatic rings. The summed E-state index contributed by atoms with van der Waals surface area (Å²) in [5, 5.41) is 8.90. The molecule has 3 rings (SSSR count). The molecular weight excluding hydrogens is 358 g/mol. The minimum atomic E-state index is -0.224. The van der Waals surface area contributed by atoms with Gasteiger partial charge < -0.3 is 25.4 Å². The van der Waals surface area contributed by atoms with Crippen molar-refractivity contribution in [3.63, 3.8) is 0 Å². The fraction of sp³-hybridized carbons (Fsp3) is 0.333. The molecule has 0 saturated heterocycles. The highest BCUT2D eigenvalue weighted by Gasteiger charge is 2.29. The van der Waals surface area contributed by atoms with Gasteiger partial charge in [-0.15, -0.1) is 0 Å². The summed E-state index contributed by atoms with van der Waals surface area (Å²) < 4.78 is 10.5. The molecule has 7 nitrogen and oxygen atoms in total. The van der Waals surface area contributed by atoms with E-state index in [9.17, 15) is 9.59 Å². The lowest BCUT2D eigenvalue weighted by molar-refractivity contribution is -0.117. The predicted molar refractivity (Wildman–Crippen MR) is 109 cm³/mol. The van der Waals surface area contributed by atoms with Crippen molar-refractivity contribution in [2.45, 2.75) is 19.8 Å². The minimum Gasteiger partial charge on any atom is -0.497 e. The number of methoxy groups -OCH3 is 2. The van der Waals surface area contributed by atoms with E-state index in [1.807, 2.05) is 25.1 Å². The topological polar surface area (TPSA) is 88.7 Å².